The summed E-state index contributed by atoms with van der Waals surface area (Å²) in [6.45, 7) is 1.16. The number of hydrogen-bond donors (Lipinski definition) is 3. The van der Waals surface area contributed by atoms with E-state index in [1.54, 1.807) is 6.07 Å². The molecule has 1 aromatic carbocycles. The molecule has 0 fully saturated rings. The van der Waals surface area contributed by atoms with E-state index in [0.717, 1.165) is 0 Å². The Bertz CT molecular complexity index is 504. The third-order valence-electron chi connectivity index (χ3n) is 2.78. The van der Waals surface area contributed by atoms with Crippen LogP contribution in [0.2, 0.25) is 0 Å². The largest absolute Gasteiger partial charge is 0.497 e. The van der Waals surface area contributed by atoms with Gasteiger partial charge in [-0.15, -0.1) is 0 Å². The molecule has 0 aliphatic carbocycles. The van der Waals surface area contributed by atoms with Crippen LogP contribution in [0.15, 0.2) is 18.2 Å². The summed E-state index contributed by atoms with van der Waals surface area (Å²) < 4.78 is 10.1. The number of aliphatic carboxylic acids is 1. The molecule has 0 radical (unpaired) electrons. The number of nitrogens with one attached hydrogen (secondary N) is 1. The highest BCUT2D eigenvalue weighted by Gasteiger charge is 2.25. The lowest BCUT2D eigenvalue weighted by molar-refractivity contribution is -0.141. The predicted octanol–water partition coefficient (Wildman–Crippen LogP) is 0.659. The molecule has 116 valence electrons. The van der Waals surface area contributed by atoms with Crippen LogP contribution in [-0.4, -0.2) is 48.5 Å². The average molecular weight is 297 g/mol. The number of carbonyl (C=O) groups excluding carboxylic acids is 1. The van der Waals surface area contributed by atoms with Crippen LogP contribution in [0, 0.1) is 0 Å². The summed E-state index contributed by atoms with van der Waals surface area (Å²) >= 11 is 0. The Hall–Kier alpha value is -2.28. The number of methoxy groups -OCH3 is 2. The first-order valence-electron chi connectivity index (χ1n) is 6.23. The summed E-state index contributed by atoms with van der Waals surface area (Å²) in [5, 5.41) is 21.0. The molecule has 21 heavy (non-hydrogen) atoms. The summed E-state index contributed by atoms with van der Waals surface area (Å²) in [6, 6.07) is 4.66. The molecular formula is C14H19NO6. The van der Waals surface area contributed by atoms with E-state index in [0.29, 0.717) is 11.5 Å². The minimum atomic E-state index is -1.52. The molecule has 7 heteroatoms. The van der Waals surface area contributed by atoms with Crippen molar-refractivity contribution in [2.75, 3.05) is 20.8 Å². The molecule has 3 N–H and O–H groups in total. The lowest BCUT2D eigenvalue weighted by atomic mass is 10.0. The summed E-state index contributed by atoms with van der Waals surface area (Å²) in [6.07, 6.45) is -0.464. The first-order chi connectivity index (χ1) is 9.77. The molecule has 0 aliphatic rings. The van der Waals surface area contributed by atoms with Gasteiger partial charge in [0.25, 0.3) is 5.91 Å². The molecule has 1 unspecified atom stereocenters. The van der Waals surface area contributed by atoms with Crippen molar-refractivity contribution >= 4 is 11.9 Å². The number of hydrogen-bond acceptors (Lipinski definition) is 5. The van der Waals surface area contributed by atoms with E-state index in [9.17, 15) is 14.7 Å². The van der Waals surface area contributed by atoms with Crippen molar-refractivity contribution < 1.29 is 29.3 Å². The third-order valence-corrected chi connectivity index (χ3v) is 2.78. The lowest BCUT2D eigenvalue weighted by Gasteiger charge is -2.21. The fraction of sp³-hybridized carbons (Fsp3) is 0.429. The van der Waals surface area contributed by atoms with Crippen LogP contribution in [0.25, 0.3) is 0 Å². The monoisotopic (exact) mass is 297 g/mol. The molecule has 7 nitrogen and oxygen atoms in total. The van der Waals surface area contributed by atoms with Gasteiger partial charge >= 0.3 is 5.97 Å². The normalized spacial score (nSPS) is 13.1. The zero-order valence-electron chi connectivity index (χ0n) is 12.2. The van der Waals surface area contributed by atoms with E-state index >= 15 is 0 Å². The van der Waals surface area contributed by atoms with Gasteiger partial charge in [-0.3, -0.25) is 9.59 Å². The Kier molecular flexibility index (Phi) is 5.54. The van der Waals surface area contributed by atoms with Crippen LogP contribution in [-0.2, 0) is 4.79 Å². The van der Waals surface area contributed by atoms with Gasteiger partial charge < -0.3 is 25.0 Å². The number of benzene rings is 1. The number of carboxylic acids is 1. The van der Waals surface area contributed by atoms with Gasteiger partial charge in [0.05, 0.1) is 26.2 Å². The Labute approximate surface area is 122 Å². The zero-order chi connectivity index (χ0) is 16.0. The fourth-order valence-corrected chi connectivity index (χ4v) is 1.70. The summed E-state index contributed by atoms with van der Waals surface area (Å²) in [4.78, 5) is 22.6. The zero-order valence-corrected chi connectivity index (χ0v) is 12.2. The van der Waals surface area contributed by atoms with Gasteiger partial charge in [-0.2, -0.15) is 0 Å². The summed E-state index contributed by atoms with van der Waals surface area (Å²) in [7, 11) is 2.93. The van der Waals surface area contributed by atoms with E-state index in [1.807, 2.05) is 0 Å². The molecule has 0 bridgehead atoms. The first-order valence-corrected chi connectivity index (χ1v) is 6.23. The maximum Gasteiger partial charge on any atom is 0.306 e. The highest BCUT2D eigenvalue weighted by atomic mass is 16.5. The van der Waals surface area contributed by atoms with Gasteiger partial charge in [0.2, 0.25) is 0 Å². The number of carbonyl (C=O) groups is 2. The van der Waals surface area contributed by atoms with Crippen LogP contribution >= 0.6 is 0 Å². The van der Waals surface area contributed by atoms with Crippen LogP contribution in [0.5, 0.6) is 11.5 Å². The van der Waals surface area contributed by atoms with E-state index in [2.05, 4.69) is 5.32 Å². The number of carboxylic acid groups (broad SMARTS) is 1. The van der Waals surface area contributed by atoms with Crippen molar-refractivity contribution in [3.05, 3.63) is 23.8 Å². The second-order valence-electron chi connectivity index (χ2n) is 4.85. The molecule has 0 aromatic heterocycles. The standard InChI is InChI=1S/C14H19NO6/c1-14(19,7-12(16)17)8-15-13(18)9-4-10(20-2)6-11(5-9)21-3/h4-6,19H,7-8H2,1-3H3,(H,15,18)(H,16,17). The molecule has 0 spiro atoms. The van der Waals surface area contributed by atoms with Gasteiger partial charge in [-0.05, 0) is 19.1 Å². The van der Waals surface area contributed by atoms with Gasteiger partial charge in [-0.25, -0.2) is 0 Å². The number of rotatable bonds is 7. The first kappa shape index (κ1) is 16.8. The average Bonchev–Trinajstić information content (AvgIpc) is 2.42. The predicted molar refractivity (Wildman–Crippen MR) is 74.8 cm³/mol. The van der Waals surface area contributed by atoms with Gasteiger partial charge in [-0.1, -0.05) is 0 Å². The fourth-order valence-electron chi connectivity index (χ4n) is 1.70. The minimum Gasteiger partial charge on any atom is -0.497 e. The molecule has 1 aromatic rings. The van der Waals surface area contributed by atoms with Crippen molar-refractivity contribution in [1.82, 2.24) is 5.32 Å². The molecule has 0 aliphatic heterocycles. The quantitative estimate of drug-likeness (QED) is 0.683. The smallest absolute Gasteiger partial charge is 0.306 e. The van der Waals surface area contributed by atoms with Crippen LogP contribution < -0.4 is 14.8 Å². The minimum absolute atomic E-state index is 0.183. The number of amides is 1. The Balaban J connectivity index is 2.78. The molecule has 1 rings (SSSR count). The second-order valence-corrected chi connectivity index (χ2v) is 4.85. The Morgan fingerprint density at radius 1 is 1.19 bits per heavy atom. The van der Waals surface area contributed by atoms with E-state index in [4.69, 9.17) is 14.6 Å². The highest BCUT2D eigenvalue weighted by Crippen LogP contribution is 2.22. The lowest BCUT2D eigenvalue weighted by Crippen LogP contribution is -2.42. The molecule has 1 amide bonds. The highest BCUT2D eigenvalue weighted by molar-refractivity contribution is 5.95. The second kappa shape index (κ2) is 6.94. The molecule has 0 saturated carbocycles. The number of aliphatic hydroxyl groups is 1. The van der Waals surface area contributed by atoms with Gasteiger partial charge in [0, 0.05) is 18.2 Å². The van der Waals surface area contributed by atoms with Crippen LogP contribution in [0.4, 0.5) is 0 Å². The van der Waals surface area contributed by atoms with Gasteiger partial charge in [0.15, 0.2) is 0 Å². The van der Waals surface area contributed by atoms with Crippen LogP contribution in [0.3, 0.4) is 0 Å². The van der Waals surface area contributed by atoms with Crippen molar-refractivity contribution in [3.63, 3.8) is 0 Å². The summed E-state index contributed by atoms with van der Waals surface area (Å²) in [5.74, 6) is -0.691. The van der Waals surface area contributed by atoms with E-state index in [1.165, 1.54) is 33.3 Å². The maximum atomic E-state index is 12.0. The Morgan fingerprint density at radius 3 is 2.14 bits per heavy atom. The maximum absolute atomic E-state index is 12.0. The number of ether oxygens (including phenoxy) is 2. The Morgan fingerprint density at radius 2 is 1.71 bits per heavy atom. The molecule has 1 atom stereocenters. The van der Waals surface area contributed by atoms with Gasteiger partial charge in [0.1, 0.15) is 11.5 Å². The van der Waals surface area contributed by atoms with Crippen molar-refractivity contribution in [2.24, 2.45) is 0 Å². The molecule has 0 heterocycles. The summed E-state index contributed by atoms with van der Waals surface area (Å²) in [5.41, 5.74) is -1.23. The topological polar surface area (TPSA) is 105 Å². The van der Waals surface area contributed by atoms with Crippen molar-refractivity contribution in [1.29, 1.82) is 0 Å². The molecular weight excluding hydrogens is 278 g/mol. The third kappa shape index (κ3) is 5.31. The SMILES string of the molecule is COc1cc(OC)cc(C(=O)NCC(C)(O)CC(=O)O)c1. The van der Waals surface area contributed by atoms with Crippen molar-refractivity contribution in [3.8, 4) is 11.5 Å². The van der Waals surface area contributed by atoms with E-state index in [-0.39, 0.29) is 12.1 Å². The van der Waals surface area contributed by atoms with Crippen LogP contribution in [0.1, 0.15) is 23.7 Å². The molecule has 0 saturated heterocycles. The van der Waals surface area contributed by atoms with Crippen molar-refractivity contribution in [2.45, 2.75) is 18.9 Å². The van der Waals surface area contributed by atoms with E-state index < -0.39 is 23.9 Å².